The quantitative estimate of drug-likeness (QED) is 0.879. The van der Waals surface area contributed by atoms with Gasteiger partial charge in [0.05, 0.1) is 0 Å². The molecule has 1 saturated heterocycles. The molecule has 0 aliphatic carbocycles. The Morgan fingerprint density at radius 1 is 1.17 bits per heavy atom. The molecule has 1 N–H and O–H groups in total. The zero-order chi connectivity index (χ0) is 16.8. The number of carbonyl (C=O) groups excluding carboxylic acids is 1. The van der Waals surface area contributed by atoms with Gasteiger partial charge in [0.25, 0.3) is 0 Å². The predicted octanol–water partition coefficient (Wildman–Crippen LogP) is 3.71. The molecule has 3 heteroatoms. The molecule has 0 bridgehead atoms. The fourth-order valence-corrected chi connectivity index (χ4v) is 3.45. The fraction of sp³-hybridized carbons (Fsp3) is 0.381. The number of nitrogens with zero attached hydrogens (tertiary/aromatic N) is 1. The zero-order valence-corrected chi connectivity index (χ0v) is 14.4. The maximum atomic E-state index is 12.2. The first-order valence-electron chi connectivity index (χ1n) is 8.86. The predicted molar refractivity (Wildman–Crippen MR) is 99.3 cm³/mol. The first kappa shape index (κ1) is 16.6. The molecule has 24 heavy (non-hydrogen) atoms. The van der Waals surface area contributed by atoms with Crippen LogP contribution in [0.5, 0.6) is 0 Å². The topological polar surface area (TPSA) is 32.3 Å². The van der Waals surface area contributed by atoms with Crippen LogP contribution in [0.2, 0.25) is 0 Å². The molecule has 0 saturated carbocycles. The van der Waals surface area contributed by atoms with Crippen molar-refractivity contribution in [3.63, 3.8) is 0 Å². The molecule has 2 aromatic rings. The van der Waals surface area contributed by atoms with Gasteiger partial charge in [-0.05, 0) is 43.9 Å². The van der Waals surface area contributed by atoms with Crippen molar-refractivity contribution in [3.8, 4) is 0 Å². The first-order valence-corrected chi connectivity index (χ1v) is 8.86. The molecule has 0 aromatic heterocycles. The molecule has 126 valence electrons. The van der Waals surface area contributed by atoms with Crippen LogP contribution in [0.4, 0.5) is 5.69 Å². The zero-order valence-electron chi connectivity index (χ0n) is 14.4. The van der Waals surface area contributed by atoms with Gasteiger partial charge in [-0.2, -0.15) is 0 Å². The summed E-state index contributed by atoms with van der Waals surface area (Å²) in [6.07, 6.45) is 3.70. The average molecular weight is 322 g/mol. The molecule has 3 nitrogen and oxygen atoms in total. The van der Waals surface area contributed by atoms with Crippen LogP contribution in [-0.4, -0.2) is 25.0 Å². The number of hydrogen-bond donors (Lipinski definition) is 1. The number of carbonyl (C=O) groups is 1. The number of amides is 1. The van der Waals surface area contributed by atoms with Crippen molar-refractivity contribution >= 4 is 11.6 Å². The summed E-state index contributed by atoms with van der Waals surface area (Å²) in [7, 11) is 0. The van der Waals surface area contributed by atoms with Gasteiger partial charge in [-0.1, -0.05) is 48.0 Å². The molecule has 1 atom stereocenters. The number of nitrogens with one attached hydrogen (secondary N) is 1. The van der Waals surface area contributed by atoms with Crippen LogP contribution in [0.1, 0.15) is 30.4 Å². The molecule has 1 heterocycles. The summed E-state index contributed by atoms with van der Waals surface area (Å²) in [6.45, 7) is 3.90. The third-order valence-electron chi connectivity index (χ3n) is 4.72. The molecular formula is C21H26N2O. The van der Waals surface area contributed by atoms with Crippen LogP contribution in [0.15, 0.2) is 54.6 Å². The summed E-state index contributed by atoms with van der Waals surface area (Å²) in [4.78, 5) is 14.6. The van der Waals surface area contributed by atoms with Crippen molar-refractivity contribution in [2.24, 2.45) is 0 Å². The van der Waals surface area contributed by atoms with E-state index in [0.29, 0.717) is 12.5 Å². The molecule has 1 amide bonds. The summed E-state index contributed by atoms with van der Waals surface area (Å²) in [5, 5.41) is 3.13. The van der Waals surface area contributed by atoms with E-state index < -0.39 is 0 Å². The highest BCUT2D eigenvalue weighted by Gasteiger charge is 2.24. The van der Waals surface area contributed by atoms with Crippen molar-refractivity contribution < 1.29 is 4.79 Å². The lowest BCUT2D eigenvalue weighted by molar-refractivity contribution is -0.121. The van der Waals surface area contributed by atoms with Crippen LogP contribution >= 0.6 is 0 Å². The standard InChI is InChI=1S/C21H26N2O/c1-17-7-5-8-18(15-17)12-13-21(24)22-16-20-11-6-14-23(20)19-9-3-2-4-10-19/h2-5,7-10,15,20H,6,11-14,16H2,1H3,(H,22,24). The van der Waals surface area contributed by atoms with E-state index in [2.05, 4.69) is 65.7 Å². The number of para-hydroxylation sites is 1. The number of benzene rings is 2. The van der Waals surface area contributed by atoms with Crippen molar-refractivity contribution in [1.29, 1.82) is 0 Å². The monoisotopic (exact) mass is 322 g/mol. The van der Waals surface area contributed by atoms with Crippen LogP contribution in [-0.2, 0) is 11.2 Å². The van der Waals surface area contributed by atoms with E-state index >= 15 is 0 Å². The van der Waals surface area contributed by atoms with Crippen molar-refractivity contribution in [1.82, 2.24) is 5.32 Å². The molecule has 2 aromatic carbocycles. The molecule has 0 spiro atoms. The van der Waals surface area contributed by atoms with Crippen LogP contribution in [0, 0.1) is 6.92 Å². The summed E-state index contributed by atoms with van der Waals surface area (Å²) in [5.74, 6) is 0.149. The third-order valence-corrected chi connectivity index (χ3v) is 4.72. The Balaban J connectivity index is 1.47. The minimum absolute atomic E-state index is 0.149. The minimum Gasteiger partial charge on any atom is -0.367 e. The summed E-state index contributed by atoms with van der Waals surface area (Å²) < 4.78 is 0. The number of hydrogen-bond acceptors (Lipinski definition) is 2. The van der Waals surface area contributed by atoms with E-state index in [-0.39, 0.29) is 5.91 Å². The Morgan fingerprint density at radius 2 is 2.00 bits per heavy atom. The van der Waals surface area contributed by atoms with Crippen LogP contribution in [0.3, 0.4) is 0 Å². The van der Waals surface area contributed by atoms with Gasteiger partial charge in [-0.15, -0.1) is 0 Å². The van der Waals surface area contributed by atoms with E-state index in [1.807, 2.05) is 6.07 Å². The SMILES string of the molecule is Cc1cccc(CCC(=O)NCC2CCCN2c2ccccc2)c1. The van der Waals surface area contributed by atoms with Gasteiger partial charge in [-0.3, -0.25) is 4.79 Å². The van der Waals surface area contributed by atoms with E-state index in [0.717, 1.165) is 25.9 Å². The van der Waals surface area contributed by atoms with Crippen LogP contribution < -0.4 is 10.2 Å². The molecule has 1 fully saturated rings. The number of rotatable bonds is 6. The molecule has 1 unspecified atom stereocenters. The van der Waals surface area contributed by atoms with Crippen molar-refractivity contribution in [2.75, 3.05) is 18.0 Å². The van der Waals surface area contributed by atoms with Gasteiger partial charge in [0, 0.05) is 31.2 Å². The maximum Gasteiger partial charge on any atom is 0.220 e. The number of aryl methyl sites for hydroxylation is 2. The van der Waals surface area contributed by atoms with Gasteiger partial charge in [0.15, 0.2) is 0 Å². The number of anilines is 1. The normalized spacial score (nSPS) is 17.0. The Labute approximate surface area is 144 Å². The maximum absolute atomic E-state index is 12.2. The van der Waals surface area contributed by atoms with E-state index in [1.54, 1.807) is 0 Å². The van der Waals surface area contributed by atoms with Crippen LogP contribution in [0.25, 0.3) is 0 Å². The second-order valence-electron chi connectivity index (χ2n) is 6.62. The lowest BCUT2D eigenvalue weighted by Crippen LogP contribution is -2.40. The molecule has 3 rings (SSSR count). The van der Waals surface area contributed by atoms with E-state index in [4.69, 9.17) is 0 Å². The molecule has 1 aliphatic heterocycles. The van der Waals surface area contributed by atoms with E-state index in [9.17, 15) is 4.79 Å². The fourth-order valence-electron chi connectivity index (χ4n) is 3.45. The lowest BCUT2D eigenvalue weighted by atomic mass is 10.1. The second kappa shape index (κ2) is 8.00. The highest BCUT2D eigenvalue weighted by molar-refractivity contribution is 5.76. The summed E-state index contributed by atoms with van der Waals surface area (Å²) in [5.41, 5.74) is 3.74. The molecule has 0 radical (unpaired) electrons. The van der Waals surface area contributed by atoms with Gasteiger partial charge in [0.2, 0.25) is 5.91 Å². The van der Waals surface area contributed by atoms with E-state index in [1.165, 1.54) is 23.2 Å². The smallest absolute Gasteiger partial charge is 0.220 e. The van der Waals surface area contributed by atoms with Gasteiger partial charge in [0.1, 0.15) is 0 Å². The van der Waals surface area contributed by atoms with Gasteiger partial charge >= 0.3 is 0 Å². The Kier molecular flexibility index (Phi) is 5.52. The van der Waals surface area contributed by atoms with Crippen molar-refractivity contribution in [2.45, 2.75) is 38.6 Å². The molecular weight excluding hydrogens is 296 g/mol. The van der Waals surface area contributed by atoms with Gasteiger partial charge in [-0.25, -0.2) is 0 Å². The minimum atomic E-state index is 0.149. The second-order valence-corrected chi connectivity index (χ2v) is 6.62. The largest absolute Gasteiger partial charge is 0.367 e. The summed E-state index contributed by atoms with van der Waals surface area (Å²) in [6, 6.07) is 19.3. The highest BCUT2D eigenvalue weighted by atomic mass is 16.1. The Bertz CT molecular complexity index is 669. The van der Waals surface area contributed by atoms with Crippen molar-refractivity contribution in [3.05, 3.63) is 65.7 Å². The lowest BCUT2D eigenvalue weighted by Gasteiger charge is -2.27. The Morgan fingerprint density at radius 3 is 2.79 bits per heavy atom. The average Bonchev–Trinajstić information content (AvgIpc) is 3.07. The third kappa shape index (κ3) is 4.38. The summed E-state index contributed by atoms with van der Waals surface area (Å²) >= 11 is 0. The van der Waals surface area contributed by atoms with Gasteiger partial charge < -0.3 is 10.2 Å². The first-order chi connectivity index (χ1) is 11.7. The Hall–Kier alpha value is -2.29. The molecule has 1 aliphatic rings. The highest BCUT2D eigenvalue weighted by Crippen LogP contribution is 2.24.